The molecule has 1 N–H and O–H groups in total. The van der Waals surface area contributed by atoms with Crippen molar-refractivity contribution in [2.45, 2.75) is 18.6 Å². The van der Waals surface area contributed by atoms with Crippen LogP contribution in [0.25, 0.3) is 0 Å². The second-order valence-electron chi connectivity index (χ2n) is 6.32. The van der Waals surface area contributed by atoms with E-state index < -0.39 is 29.7 Å². The maximum Gasteiger partial charge on any atom is 0.273 e. The van der Waals surface area contributed by atoms with E-state index >= 15 is 0 Å². The van der Waals surface area contributed by atoms with Crippen molar-refractivity contribution in [1.82, 2.24) is 9.88 Å². The Bertz CT molecular complexity index is 798. The predicted octanol–water partition coefficient (Wildman–Crippen LogP) is 2.37. The van der Waals surface area contributed by atoms with Crippen LogP contribution in [0.15, 0.2) is 36.5 Å². The van der Waals surface area contributed by atoms with Gasteiger partial charge in [-0.3, -0.25) is 9.78 Å². The van der Waals surface area contributed by atoms with E-state index in [0.29, 0.717) is 0 Å². The van der Waals surface area contributed by atoms with Gasteiger partial charge in [-0.1, -0.05) is 0 Å². The van der Waals surface area contributed by atoms with Crippen molar-refractivity contribution in [2.75, 3.05) is 25.5 Å². The number of aromatic nitrogens is 1. The highest BCUT2D eigenvalue weighted by atomic mass is 19.1. The molecule has 1 aromatic heterocycles. The summed E-state index contributed by atoms with van der Waals surface area (Å²) in [6, 6.07) is 5.79. The monoisotopic (exact) mass is 347 g/mol. The zero-order valence-electron chi connectivity index (χ0n) is 14.0. The van der Waals surface area contributed by atoms with Gasteiger partial charge in [-0.2, -0.15) is 0 Å². The van der Waals surface area contributed by atoms with Crippen molar-refractivity contribution in [3.05, 3.63) is 59.4 Å². The van der Waals surface area contributed by atoms with E-state index in [1.807, 2.05) is 19.0 Å². The lowest BCUT2D eigenvalue weighted by Gasteiger charge is -2.25. The van der Waals surface area contributed by atoms with Gasteiger partial charge >= 0.3 is 0 Å². The number of hydrogen-bond donors (Lipinski definition) is 1. The third kappa shape index (κ3) is 3.46. The lowest BCUT2D eigenvalue weighted by molar-refractivity contribution is 0.0708. The number of β-amino-alcohol motifs (C(OH)–C–C–N with tert-alkyl or cyclic N) is 1. The Hall–Kier alpha value is -2.54. The molecule has 1 fully saturated rings. The van der Waals surface area contributed by atoms with Gasteiger partial charge < -0.3 is 14.9 Å². The van der Waals surface area contributed by atoms with Gasteiger partial charge in [0.1, 0.15) is 17.3 Å². The third-order valence-electron chi connectivity index (χ3n) is 4.34. The summed E-state index contributed by atoms with van der Waals surface area (Å²) >= 11 is 0. The summed E-state index contributed by atoms with van der Waals surface area (Å²) in [7, 11) is 3.68. The van der Waals surface area contributed by atoms with Gasteiger partial charge in [-0.15, -0.1) is 0 Å². The standard InChI is InChI=1S/C18H19F2N3O2/c1-22(2)12-5-6-21-16(8-12)18(25)23-10-13(24)9-17(23)14-7-11(19)3-4-15(14)20/h3-8,13,17,24H,9-10H2,1-2H3/t13-,17-/m1/s1. The highest BCUT2D eigenvalue weighted by Crippen LogP contribution is 2.35. The highest BCUT2D eigenvalue weighted by molar-refractivity contribution is 5.93. The van der Waals surface area contributed by atoms with Crippen molar-refractivity contribution < 1.29 is 18.7 Å². The summed E-state index contributed by atoms with van der Waals surface area (Å²) in [5.41, 5.74) is 1.06. The Morgan fingerprint density at radius 3 is 2.76 bits per heavy atom. The first-order valence-electron chi connectivity index (χ1n) is 7.94. The Labute approximate surface area is 144 Å². The first kappa shape index (κ1) is 17.3. The number of halogens is 2. The molecular weight excluding hydrogens is 328 g/mol. The van der Waals surface area contributed by atoms with E-state index in [-0.39, 0.29) is 24.2 Å². The van der Waals surface area contributed by atoms with E-state index in [1.165, 1.54) is 11.1 Å². The molecule has 0 unspecified atom stereocenters. The Kier molecular flexibility index (Phi) is 4.67. The van der Waals surface area contributed by atoms with Gasteiger partial charge in [0.05, 0.1) is 12.1 Å². The number of aliphatic hydroxyl groups excluding tert-OH is 1. The number of nitrogens with zero attached hydrogens (tertiary/aromatic N) is 3. The lowest BCUT2D eigenvalue weighted by atomic mass is 10.0. The molecule has 1 aliphatic rings. The third-order valence-corrected chi connectivity index (χ3v) is 4.34. The molecule has 0 radical (unpaired) electrons. The average molecular weight is 347 g/mol. The number of likely N-dealkylation sites (tertiary alicyclic amines) is 1. The summed E-state index contributed by atoms with van der Waals surface area (Å²) < 4.78 is 27.7. The topological polar surface area (TPSA) is 56.7 Å². The molecule has 2 aromatic rings. The molecule has 132 valence electrons. The lowest BCUT2D eigenvalue weighted by Crippen LogP contribution is -2.33. The van der Waals surface area contributed by atoms with E-state index in [9.17, 15) is 18.7 Å². The first-order valence-corrected chi connectivity index (χ1v) is 7.94. The zero-order valence-corrected chi connectivity index (χ0v) is 14.0. The fraction of sp³-hybridized carbons (Fsp3) is 0.333. The normalized spacial score (nSPS) is 20.0. The van der Waals surface area contributed by atoms with Gasteiger partial charge in [0.25, 0.3) is 5.91 Å². The molecular formula is C18H19F2N3O2. The van der Waals surface area contributed by atoms with E-state index in [2.05, 4.69) is 4.98 Å². The Balaban J connectivity index is 1.95. The molecule has 1 amide bonds. The van der Waals surface area contributed by atoms with Crippen LogP contribution in [0.4, 0.5) is 14.5 Å². The van der Waals surface area contributed by atoms with Gasteiger partial charge in [0, 0.05) is 38.1 Å². The molecule has 5 nitrogen and oxygen atoms in total. The maximum atomic E-state index is 14.1. The number of rotatable bonds is 3. The van der Waals surface area contributed by atoms with E-state index in [1.54, 1.807) is 12.1 Å². The SMILES string of the molecule is CN(C)c1ccnc(C(=O)N2C[C@H](O)C[C@@H]2c2cc(F)ccc2F)c1. The maximum absolute atomic E-state index is 14.1. The number of hydrogen-bond acceptors (Lipinski definition) is 4. The molecule has 0 bridgehead atoms. The number of pyridine rings is 1. The minimum absolute atomic E-state index is 0.0489. The molecule has 0 aliphatic carbocycles. The van der Waals surface area contributed by atoms with Crippen LogP contribution in [0, 0.1) is 11.6 Å². The van der Waals surface area contributed by atoms with Crippen LogP contribution in [-0.4, -0.2) is 47.6 Å². The molecule has 2 heterocycles. The van der Waals surface area contributed by atoms with Crippen LogP contribution < -0.4 is 4.90 Å². The second-order valence-corrected chi connectivity index (χ2v) is 6.32. The van der Waals surface area contributed by atoms with Gasteiger partial charge in [0.15, 0.2) is 0 Å². The molecule has 2 atom stereocenters. The fourth-order valence-corrected chi connectivity index (χ4v) is 3.06. The van der Waals surface area contributed by atoms with Crippen molar-refractivity contribution in [3.8, 4) is 0 Å². The minimum Gasteiger partial charge on any atom is -0.391 e. The minimum atomic E-state index is -0.798. The number of benzene rings is 1. The Morgan fingerprint density at radius 1 is 1.28 bits per heavy atom. The van der Waals surface area contributed by atoms with E-state index in [0.717, 1.165) is 23.9 Å². The molecule has 1 saturated heterocycles. The van der Waals surface area contributed by atoms with Gasteiger partial charge in [-0.25, -0.2) is 8.78 Å². The number of amides is 1. The Morgan fingerprint density at radius 2 is 2.04 bits per heavy atom. The number of carbonyl (C=O) groups excluding carboxylic acids is 1. The van der Waals surface area contributed by atoms with Crippen molar-refractivity contribution >= 4 is 11.6 Å². The largest absolute Gasteiger partial charge is 0.391 e. The molecule has 0 saturated carbocycles. The summed E-state index contributed by atoms with van der Waals surface area (Å²) in [5, 5.41) is 9.99. The van der Waals surface area contributed by atoms with Crippen LogP contribution in [0.1, 0.15) is 28.5 Å². The van der Waals surface area contributed by atoms with Gasteiger partial charge in [-0.05, 0) is 36.8 Å². The number of carbonyl (C=O) groups is 1. The number of anilines is 1. The van der Waals surface area contributed by atoms with Crippen LogP contribution in [0.5, 0.6) is 0 Å². The molecule has 25 heavy (non-hydrogen) atoms. The van der Waals surface area contributed by atoms with Crippen LogP contribution in [-0.2, 0) is 0 Å². The van der Waals surface area contributed by atoms with Crippen molar-refractivity contribution in [2.24, 2.45) is 0 Å². The fourth-order valence-electron chi connectivity index (χ4n) is 3.06. The summed E-state index contributed by atoms with van der Waals surface area (Å²) in [5.74, 6) is -1.61. The zero-order chi connectivity index (χ0) is 18.1. The van der Waals surface area contributed by atoms with E-state index in [4.69, 9.17) is 0 Å². The summed E-state index contributed by atoms with van der Waals surface area (Å²) in [6.07, 6.45) is 0.875. The average Bonchev–Trinajstić information content (AvgIpc) is 2.98. The van der Waals surface area contributed by atoms with Crippen molar-refractivity contribution in [1.29, 1.82) is 0 Å². The first-order chi connectivity index (χ1) is 11.9. The van der Waals surface area contributed by atoms with Gasteiger partial charge in [0.2, 0.25) is 0 Å². The predicted molar refractivity (Wildman–Crippen MR) is 89.3 cm³/mol. The second kappa shape index (κ2) is 6.76. The molecule has 1 aromatic carbocycles. The van der Waals surface area contributed by atoms with Crippen LogP contribution >= 0.6 is 0 Å². The highest BCUT2D eigenvalue weighted by Gasteiger charge is 2.37. The smallest absolute Gasteiger partial charge is 0.273 e. The summed E-state index contributed by atoms with van der Waals surface area (Å²) in [6.45, 7) is 0.0489. The van der Waals surface area contributed by atoms with Crippen LogP contribution in [0.2, 0.25) is 0 Å². The quantitative estimate of drug-likeness (QED) is 0.926. The van der Waals surface area contributed by atoms with Crippen molar-refractivity contribution in [3.63, 3.8) is 0 Å². The molecule has 1 aliphatic heterocycles. The number of aliphatic hydroxyl groups is 1. The molecule has 3 rings (SSSR count). The van der Waals surface area contributed by atoms with Crippen LogP contribution in [0.3, 0.4) is 0 Å². The summed E-state index contributed by atoms with van der Waals surface area (Å²) in [4.78, 5) is 20.1. The molecule has 0 spiro atoms. The molecule has 7 heteroatoms.